The summed E-state index contributed by atoms with van der Waals surface area (Å²) in [5.74, 6) is 0.847. The first-order chi connectivity index (χ1) is 5.12. The third kappa shape index (κ3) is 6.65. The van der Waals surface area contributed by atoms with Crippen molar-refractivity contribution in [3.05, 3.63) is 0 Å². The Labute approximate surface area is 76.3 Å². The van der Waals surface area contributed by atoms with Crippen LogP contribution >= 0.6 is 0 Å². The Morgan fingerprint density at radius 3 is 1.92 bits per heavy atom. The Morgan fingerprint density at radius 1 is 1.25 bits per heavy atom. The monoisotopic (exact) mass is 192 g/mol. The number of hydrogen-bond acceptors (Lipinski definition) is 2. The fourth-order valence-corrected chi connectivity index (χ4v) is 3.41. The van der Waals surface area contributed by atoms with Crippen molar-refractivity contribution in [3.63, 3.8) is 0 Å². The average molecular weight is 192 g/mol. The maximum absolute atomic E-state index is 11.0. The summed E-state index contributed by atoms with van der Waals surface area (Å²) >= 11 is 0. The van der Waals surface area contributed by atoms with Gasteiger partial charge in [0, 0.05) is 6.26 Å². The maximum atomic E-state index is 11.0. The van der Waals surface area contributed by atoms with Gasteiger partial charge in [-0.05, 0) is 17.8 Å². The number of hydrogen-bond donors (Lipinski definition) is 0. The molecule has 0 saturated carbocycles. The van der Waals surface area contributed by atoms with E-state index in [1.54, 1.807) is 0 Å². The molecule has 0 heterocycles. The van der Waals surface area contributed by atoms with Crippen LogP contribution in [0.1, 0.15) is 34.1 Å². The second-order valence-corrected chi connectivity index (χ2v) is 6.97. The van der Waals surface area contributed by atoms with E-state index >= 15 is 0 Å². The highest BCUT2D eigenvalue weighted by atomic mass is 32.2. The smallest absolute Gasteiger partial charge is 0.147 e. The molecule has 0 aliphatic carbocycles. The average Bonchev–Trinajstić information content (AvgIpc) is 1.48. The number of rotatable bonds is 4. The summed E-state index contributed by atoms with van der Waals surface area (Å²) in [5, 5.41) is 0. The molecule has 0 amide bonds. The zero-order valence-electron chi connectivity index (χ0n) is 8.72. The van der Waals surface area contributed by atoms with Gasteiger partial charge in [-0.1, -0.05) is 27.7 Å². The Kier molecular flexibility index (Phi) is 3.76. The SMILES string of the molecule is CC(C)CC(C)(C)CS(C)(=O)=O. The van der Waals surface area contributed by atoms with Crippen LogP contribution in [0, 0.1) is 11.3 Å². The van der Waals surface area contributed by atoms with Crippen LogP contribution in [-0.4, -0.2) is 20.4 Å². The van der Waals surface area contributed by atoms with Crippen LogP contribution in [0.5, 0.6) is 0 Å². The summed E-state index contributed by atoms with van der Waals surface area (Å²) in [4.78, 5) is 0. The van der Waals surface area contributed by atoms with Crippen LogP contribution in [0.25, 0.3) is 0 Å². The molecule has 0 fully saturated rings. The van der Waals surface area contributed by atoms with Gasteiger partial charge >= 0.3 is 0 Å². The summed E-state index contributed by atoms with van der Waals surface area (Å²) in [7, 11) is -2.83. The first kappa shape index (κ1) is 11.9. The third-order valence-electron chi connectivity index (χ3n) is 1.61. The second kappa shape index (κ2) is 3.77. The van der Waals surface area contributed by atoms with Crippen LogP contribution in [0.2, 0.25) is 0 Å². The lowest BCUT2D eigenvalue weighted by Crippen LogP contribution is -2.24. The fraction of sp³-hybridized carbons (Fsp3) is 1.00. The third-order valence-corrected chi connectivity index (χ3v) is 2.92. The normalized spacial score (nSPS) is 13.8. The van der Waals surface area contributed by atoms with Crippen LogP contribution in [0.15, 0.2) is 0 Å². The van der Waals surface area contributed by atoms with Crippen molar-refractivity contribution in [2.75, 3.05) is 12.0 Å². The van der Waals surface area contributed by atoms with E-state index in [9.17, 15) is 8.42 Å². The van der Waals surface area contributed by atoms with Crippen molar-refractivity contribution in [1.29, 1.82) is 0 Å². The van der Waals surface area contributed by atoms with Gasteiger partial charge in [0.25, 0.3) is 0 Å². The molecule has 0 aliphatic heterocycles. The molecular weight excluding hydrogens is 172 g/mol. The van der Waals surface area contributed by atoms with Crippen LogP contribution in [0.4, 0.5) is 0 Å². The molecule has 0 spiro atoms. The Balaban J connectivity index is 4.23. The molecule has 12 heavy (non-hydrogen) atoms. The van der Waals surface area contributed by atoms with Crippen molar-refractivity contribution >= 4 is 9.84 Å². The molecule has 0 unspecified atom stereocenters. The van der Waals surface area contributed by atoms with E-state index in [0.29, 0.717) is 5.92 Å². The summed E-state index contributed by atoms with van der Waals surface area (Å²) in [5.41, 5.74) is -0.0816. The van der Waals surface area contributed by atoms with Gasteiger partial charge in [-0.3, -0.25) is 0 Å². The summed E-state index contributed by atoms with van der Waals surface area (Å²) in [6.07, 6.45) is 2.26. The quantitative estimate of drug-likeness (QED) is 0.683. The standard InChI is InChI=1S/C9H20O2S/c1-8(2)6-9(3,4)7-12(5,10)11/h8H,6-7H2,1-5H3. The van der Waals surface area contributed by atoms with Crippen molar-refractivity contribution in [2.24, 2.45) is 11.3 Å². The van der Waals surface area contributed by atoms with E-state index in [1.165, 1.54) is 6.26 Å². The van der Waals surface area contributed by atoms with Gasteiger partial charge in [0.2, 0.25) is 0 Å². The van der Waals surface area contributed by atoms with Crippen LogP contribution in [-0.2, 0) is 9.84 Å². The molecule has 0 saturated heterocycles. The van der Waals surface area contributed by atoms with E-state index in [1.807, 2.05) is 13.8 Å². The molecule has 74 valence electrons. The molecule has 0 bridgehead atoms. The highest BCUT2D eigenvalue weighted by Gasteiger charge is 2.24. The van der Waals surface area contributed by atoms with Crippen molar-refractivity contribution < 1.29 is 8.42 Å². The molecule has 0 aromatic heterocycles. The molecule has 2 nitrogen and oxygen atoms in total. The minimum absolute atomic E-state index is 0.0816. The van der Waals surface area contributed by atoms with Gasteiger partial charge < -0.3 is 0 Å². The predicted molar refractivity (Wildman–Crippen MR) is 52.9 cm³/mol. The lowest BCUT2D eigenvalue weighted by molar-refractivity contribution is 0.322. The highest BCUT2D eigenvalue weighted by Crippen LogP contribution is 2.26. The van der Waals surface area contributed by atoms with E-state index in [2.05, 4.69) is 13.8 Å². The van der Waals surface area contributed by atoms with E-state index < -0.39 is 9.84 Å². The Morgan fingerprint density at radius 2 is 1.67 bits per heavy atom. The molecule has 0 radical (unpaired) electrons. The molecular formula is C9H20O2S. The molecule has 3 heteroatoms. The predicted octanol–water partition coefficient (Wildman–Crippen LogP) is 2.10. The lowest BCUT2D eigenvalue weighted by atomic mass is 9.86. The summed E-state index contributed by atoms with van der Waals surface area (Å²) < 4.78 is 22.1. The van der Waals surface area contributed by atoms with Gasteiger partial charge in [0.15, 0.2) is 0 Å². The molecule has 0 N–H and O–H groups in total. The molecule has 0 aromatic rings. The van der Waals surface area contributed by atoms with Gasteiger partial charge in [0.1, 0.15) is 9.84 Å². The van der Waals surface area contributed by atoms with E-state index in [0.717, 1.165) is 6.42 Å². The minimum Gasteiger partial charge on any atom is -0.229 e. The topological polar surface area (TPSA) is 34.1 Å². The summed E-state index contributed by atoms with van der Waals surface area (Å²) in [6.45, 7) is 8.25. The van der Waals surface area contributed by atoms with Gasteiger partial charge in [-0.2, -0.15) is 0 Å². The Bertz CT molecular complexity index is 225. The van der Waals surface area contributed by atoms with Gasteiger partial charge in [-0.15, -0.1) is 0 Å². The van der Waals surface area contributed by atoms with E-state index in [4.69, 9.17) is 0 Å². The maximum Gasteiger partial charge on any atom is 0.147 e. The van der Waals surface area contributed by atoms with Crippen molar-refractivity contribution in [1.82, 2.24) is 0 Å². The highest BCUT2D eigenvalue weighted by molar-refractivity contribution is 7.90. The van der Waals surface area contributed by atoms with Crippen LogP contribution in [0.3, 0.4) is 0 Å². The minimum atomic E-state index is -2.83. The Hall–Kier alpha value is -0.0500. The van der Waals surface area contributed by atoms with Crippen LogP contribution < -0.4 is 0 Å². The van der Waals surface area contributed by atoms with Crippen molar-refractivity contribution in [3.8, 4) is 0 Å². The largest absolute Gasteiger partial charge is 0.229 e. The first-order valence-corrected chi connectivity index (χ1v) is 6.36. The molecule has 0 atom stereocenters. The summed E-state index contributed by atoms with van der Waals surface area (Å²) in [6, 6.07) is 0. The molecule has 0 rings (SSSR count). The zero-order valence-corrected chi connectivity index (χ0v) is 9.53. The fourth-order valence-electron chi connectivity index (χ4n) is 1.87. The number of sulfone groups is 1. The molecule has 0 aliphatic rings. The molecule has 0 aromatic carbocycles. The van der Waals surface area contributed by atoms with Gasteiger partial charge in [-0.25, -0.2) is 8.42 Å². The lowest BCUT2D eigenvalue weighted by Gasteiger charge is -2.25. The first-order valence-electron chi connectivity index (χ1n) is 4.30. The van der Waals surface area contributed by atoms with Crippen molar-refractivity contribution in [2.45, 2.75) is 34.1 Å². The zero-order chi connectivity index (χ0) is 9.99. The van der Waals surface area contributed by atoms with E-state index in [-0.39, 0.29) is 11.2 Å². The van der Waals surface area contributed by atoms with Gasteiger partial charge in [0.05, 0.1) is 5.75 Å². The second-order valence-electron chi connectivity index (χ2n) is 4.83.